The van der Waals surface area contributed by atoms with Crippen molar-refractivity contribution in [3.8, 4) is 84.1 Å². The van der Waals surface area contributed by atoms with E-state index in [1.807, 2.05) is 12.4 Å². The van der Waals surface area contributed by atoms with E-state index in [0.717, 1.165) is 72.3 Å². The molecule has 0 spiro atoms. The highest BCUT2D eigenvalue weighted by Crippen LogP contribution is 2.44. The van der Waals surface area contributed by atoms with Gasteiger partial charge in [0.25, 0.3) is 0 Å². The number of hydrogen-bond acceptors (Lipinski definition) is 3. The average molecular weight is 929 g/mol. The Bertz CT molecular complexity index is 4350. The molecule has 0 atom stereocenters. The van der Waals surface area contributed by atoms with Gasteiger partial charge >= 0.3 is 0 Å². The first-order chi connectivity index (χ1) is 36.2. The molecule has 340 valence electrons. The largest absolute Gasteiger partial charge is 0.309 e. The summed E-state index contributed by atoms with van der Waals surface area (Å²) in [4.78, 5) is 15.3. The van der Waals surface area contributed by atoms with Crippen LogP contribution in [0.3, 0.4) is 0 Å². The lowest BCUT2D eigenvalue weighted by Crippen LogP contribution is -1.97. The molecular weight excluding hydrogens is 885 g/mol. The smallest absolute Gasteiger partial charge is 0.160 e. The molecule has 73 heavy (non-hydrogen) atoms. The molecule has 0 bridgehead atoms. The highest BCUT2D eigenvalue weighted by molar-refractivity contribution is 6.21. The van der Waals surface area contributed by atoms with Crippen molar-refractivity contribution in [3.05, 3.63) is 267 Å². The fourth-order valence-corrected chi connectivity index (χ4v) is 11.0. The molecule has 0 unspecified atom stereocenters. The lowest BCUT2D eigenvalue weighted by atomic mass is 9.85. The van der Waals surface area contributed by atoms with Crippen LogP contribution < -0.4 is 0 Å². The Kier molecular flexibility index (Phi) is 10.1. The third-order valence-corrected chi connectivity index (χ3v) is 14.5. The maximum absolute atomic E-state index is 5.39. The van der Waals surface area contributed by atoms with E-state index in [1.165, 1.54) is 60.1 Å². The van der Waals surface area contributed by atoms with Gasteiger partial charge in [-0.05, 0) is 125 Å². The Labute approximate surface area is 422 Å². The summed E-state index contributed by atoms with van der Waals surface area (Å²) < 4.78 is 2.34. The highest BCUT2D eigenvalue weighted by Gasteiger charge is 2.19. The number of nitrogens with zero attached hydrogens (tertiary/aromatic N) is 4. The Morgan fingerprint density at radius 2 is 0.781 bits per heavy atom. The first-order valence-electron chi connectivity index (χ1n) is 24.8. The van der Waals surface area contributed by atoms with Gasteiger partial charge < -0.3 is 4.57 Å². The summed E-state index contributed by atoms with van der Waals surface area (Å²) in [5, 5.41) is 9.50. The zero-order valence-corrected chi connectivity index (χ0v) is 39.7. The van der Waals surface area contributed by atoms with E-state index in [0.29, 0.717) is 5.82 Å². The summed E-state index contributed by atoms with van der Waals surface area (Å²) in [6, 6.07) is 91.4. The van der Waals surface area contributed by atoms with Crippen LogP contribution in [0.15, 0.2) is 267 Å². The van der Waals surface area contributed by atoms with Gasteiger partial charge in [-0.15, -0.1) is 0 Å². The van der Waals surface area contributed by atoms with Crippen molar-refractivity contribution in [3.63, 3.8) is 0 Å². The van der Waals surface area contributed by atoms with E-state index in [-0.39, 0.29) is 0 Å². The summed E-state index contributed by atoms with van der Waals surface area (Å²) in [7, 11) is 0. The van der Waals surface area contributed by atoms with Gasteiger partial charge in [0, 0.05) is 45.5 Å². The van der Waals surface area contributed by atoms with Gasteiger partial charge in [0.2, 0.25) is 0 Å². The molecule has 0 aliphatic carbocycles. The summed E-state index contributed by atoms with van der Waals surface area (Å²) >= 11 is 0. The second-order valence-electron chi connectivity index (χ2n) is 18.8. The molecule has 0 saturated heterocycles. The molecule has 14 aromatic rings. The van der Waals surface area contributed by atoms with Gasteiger partial charge in [-0.1, -0.05) is 206 Å². The molecule has 4 heteroatoms. The van der Waals surface area contributed by atoms with Gasteiger partial charge in [-0.3, -0.25) is 4.98 Å². The van der Waals surface area contributed by atoms with E-state index < -0.39 is 0 Å². The second kappa shape index (κ2) is 17.6. The minimum Gasteiger partial charge on any atom is -0.309 e. The molecule has 0 fully saturated rings. The Morgan fingerprint density at radius 3 is 1.49 bits per heavy atom. The number of fused-ring (bicyclic) bond motifs is 6. The molecule has 11 aromatic carbocycles. The normalized spacial score (nSPS) is 11.6. The summed E-state index contributed by atoms with van der Waals surface area (Å²) in [6.45, 7) is 0. The van der Waals surface area contributed by atoms with Crippen LogP contribution in [0.4, 0.5) is 0 Å². The van der Waals surface area contributed by atoms with Crippen LogP contribution in [-0.2, 0) is 0 Å². The number of benzene rings is 11. The van der Waals surface area contributed by atoms with Gasteiger partial charge in [0.15, 0.2) is 5.82 Å². The van der Waals surface area contributed by atoms with Crippen LogP contribution in [0.25, 0.3) is 138 Å². The van der Waals surface area contributed by atoms with E-state index >= 15 is 0 Å². The number of hydrogen-bond donors (Lipinski definition) is 0. The molecule has 0 radical (unpaired) electrons. The monoisotopic (exact) mass is 928 g/mol. The van der Waals surface area contributed by atoms with Gasteiger partial charge in [0.1, 0.15) is 0 Å². The predicted octanol–water partition coefficient (Wildman–Crippen LogP) is 18.1. The third kappa shape index (κ3) is 7.44. The van der Waals surface area contributed by atoms with Crippen molar-refractivity contribution in [2.45, 2.75) is 0 Å². The first-order valence-corrected chi connectivity index (χ1v) is 24.8. The number of rotatable bonds is 8. The quantitative estimate of drug-likeness (QED) is 0.143. The minimum absolute atomic E-state index is 0.672. The van der Waals surface area contributed by atoms with Crippen molar-refractivity contribution in [1.29, 1.82) is 0 Å². The zero-order chi connectivity index (χ0) is 48.2. The molecular formula is C69H44N4. The first kappa shape index (κ1) is 42.1. The zero-order valence-electron chi connectivity index (χ0n) is 39.7. The predicted molar refractivity (Wildman–Crippen MR) is 305 cm³/mol. The molecule has 0 aliphatic rings. The summed E-state index contributed by atoms with van der Waals surface area (Å²) in [5.74, 6) is 0.672. The Balaban J connectivity index is 0.867. The highest BCUT2D eigenvalue weighted by atomic mass is 15.0. The van der Waals surface area contributed by atoms with Crippen LogP contribution in [0, 0.1) is 0 Å². The van der Waals surface area contributed by atoms with Crippen LogP contribution in [-0.4, -0.2) is 19.5 Å². The van der Waals surface area contributed by atoms with Gasteiger partial charge in [-0.25, -0.2) is 9.97 Å². The van der Waals surface area contributed by atoms with E-state index in [9.17, 15) is 0 Å². The fraction of sp³-hybridized carbons (Fsp3) is 0. The Hall–Kier alpha value is -9.77. The van der Waals surface area contributed by atoms with Crippen molar-refractivity contribution in [2.24, 2.45) is 0 Å². The molecule has 0 aliphatic heterocycles. The van der Waals surface area contributed by atoms with E-state index in [2.05, 4.69) is 264 Å². The maximum Gasteiger partial charge on any atom is 0.160 e. The van der Waals surface area contributed by atoms with Gasteiger partial charge in [0.05, 0.1) is 22.4 Å². The molecule has 0 amide bonds. The fourth-order valence-electron chi connectivity index (χ4n) is 11.0. The van der Waals surface area contributed by atoms with Crippen molar-refractivity contribution in [1.82, 2.24) is 19.5 Å². The molecule has 3 aromatic heterocycles. The van der Waals surface area contributed by atoms with Crippen LogP contribution in [0.2, 0.25) is 0 Å². The van der Waals surface area contributed by atoms with Crippen LogP contribution in [0.5, 0.6) is 0 Å². The number of pyridine rings is 1. The lowest BCUT2D eigenvalue weighted by molar-refractivity contribution is 1.17. The minimum atomic E-state index is 0.672. The lowest BCUT2D eigenvalue weighted by Gasteiger charge is -2.18. The maximum atomic E-state index is 5.39. The second-order valence-corrected chi connectivity index (χ2v) is 18.8. The van der Waals surface area contributed by atoms with Crippen LogP contribution in [0.1, 0.15) is 0 Å². The molecule has 3 heterocycles. The van der Waals surface area contributed by atoms with Crippen LogP contribution >= 0.6 is 0 Å². The van der Waals surface area contributed by atoms with Crippen molar-refractivity contribution < 1.29 is 0 Å². The standard InChI is InChI=1S/C69H44N4/c1-3-14-45(15-4-1)47-32-35-56(36-33-47)73-65-37-34-52(42-61(65)62-44-70-39-38-66(62)73)48-26-29-49(30-27-48)63-43-64(53-31-28-46-16-7-8-19-51(46)40-53)72-69(71-63)55-21-13-20-54(41-55)68-59-24-11-9-22-57(59)67(50-17-5-2-6-18-50)58-23-10-12-25-60(58)68/h1-44H. The summed E-state index contributed by atoms with van der Waals surface area (Å²) in [6.07, 6.45) is 3.87. The SMILES string of the molecule is c1ccc(-c2ccc(-n3c4ccncc4c4cc(-c5ccc(-c6cc(-c7ccc8ccccc8c7)nc(-c7cccc(-c8c9ccccc9c(-c9ccccc9)c9ccccc89)c7)n6)cc5)ccc43)cc2)cc1. The van der Waals surface area contributed by atoms with E-state index in [1.54, 1.807) is 0 Å². The van der Waals surface area contributed by atoms with Gasteiger partial charge in [-0.2, -0.15) is 0 Å². The average Bonchev–Trinajstić information content (AvgIpc) is 3.81. The number of aromatic nitrogens is 4. The topological polar surface area (TPSA) is 43.6 Å². The van der Waals surface area contributed by atoms with E-state index in [4.69, 9.17) is 9.97 Å². The van der Waals surface area contributed by atoms with Crippen molar-refractivity contribution >= 4 is 54.1 Å². The third-order valence-electron chi connectivity index (χ3n) is 14.5. The molecule has 0 saturated carbocycles. The molecule has 4 nitrogen and oxygen atoms in total. The molecule has 14 rings (SSSR count). The summed E-state index contributed by atoms with van der Waals surface area (Å²) in [5.41, 5.74) is 17.5. The molecule has 0 N–H and O–H groups in total. The van der Waals surface area contributed by atoms with Crippen molar-refractivity contribution in [2.75, 3.05) is 0 Å². The Morgan fingerprint density at radius 1 is 0.274 bits per heavy atom.